The van der Waals surface area contributed by atoms with Crippen molar-refractivity contribution in [1.82, 2.24) is 9.80 Å². The smallest absolute Gasteiger partial charge is 0.227 e. The average molecular weight is 375 g/mol. The average Bonchev–Trinajstić information content (AvgIpc) is 2.70. The van der Waals surface area contributed by atoms with Crippen molar-refractivity contribution in [3.05, 3.63) is 30.1 Å². The Bertz CT molecular complexity index is 633. The van der Waals surface area contributed by atoms with E-state index < -0.39 is 0 Å². The van der Waals surface area contributed by atoms with Gasteiger partial charge in [0.25, 0.3) is 0 Å². The Morgan fingerprint density at radius 1 is 1.04 bits per heavy atom. The lowest BCUT2D eigenvalue weighted by atomic mass is 9.92. The minimum atomic E-state index is -0.302. The van der Waals surface area contributed by atoms with Crippen molar-refractivity contribution < 1.29 is 14.0 Å². The third-order valence-electron chi connectivity index (χ3n) is 5.81. The monoisotopic (exact) mass is 375 g/mol. The third kappa shape index (κ3) is 5.28. The number of likely N-dealkylation sites (tertiary alicyclic amines) is 2. The second-order valence-electron chi connectivity index (χ2n) is 7.67. The van der Waals surface area contributed by atoms with Crippen LogP contribution in [0.15, 0.2) is 24.3 Å². The highest BCUT2D eigenvalue weighted by molar-refractivity contribution is 5.92. The van der Waals surface area contributed by atoms with E-state index in [1.54, 1.807) is 12.1 Å². The molecular formula is C21H30FN3O2. The lowest BCUT2D eigenvalue weighted by Gasteiger charge is -2.41. The fraction of sp³-hybridized carbons (Fsp3) is 0.619. The fourth-order valence-electron chi connectivity index (χ4n) is 4.16. The Balaban J connectivity index is 1.42. The molecule has 2 fully saturated rings. The van der Waals surface area contributed by atoms with Crippen LogP contribution in [0.1, 0.15) is 45.4 Å². The van der Waals surface area contributed by atoms with Crippen LogP contribution in [0.25, 0.3) is 0 Å². The summed E-state index contributed by atoms with van der Waals surface area (Å²) in [5.41, 5.74) is 0.646. The molecule has 0 atom stereocenters. The van der Waals surface area contributed by atoms with Crippen molar-refractivity contribution in [3.63, 3.8) is 0 Å². The molecule has 148 valence electrons. The SMILES string of the molecule is CCCC(=O)N1CCC(N2CCC(C(=O)Nc3ccc(F)cc3)CC2)CC1. The van der Waals surface area contributed by atoms with E-state index in [9.17, 15) is 14.0 Å². The molecule has 6 heteroatoms. The van der Waals surface area contributed by atoms with Crippen molar-refractivity contribution in [2.24, 2.45) is 5.92 Å². The van der Waals surface area contributed by atoms with Crippen LogP contribution in [0.4, 0.5) is 10.1 Å². The molecular weight excluding hydrogens is 345 g/mol. The Hall–Kier alpha value is -1.95. The molecule has 0 spiro atoms. The number of rotatable bonds is 5. The van der Waals surface area contributed by atoms with E-state index in [1.807, 2.05) is 11.8 Å². The van der Waals surface area contributed by atoms with E-state index in [0.717, 1.165) is 58.3 Å². The van der Waals surface area contributed by atoms with Gasteiger partial charge in [-0.25, -0.2) is 4.39 Å². The molecule has 2 aliphatic heterocycles. The first kappa shape index (κ1) is 19.8. The summed E-state index contributed by atoms with van der Waals surface area (Å²) in [7, 11) is 0. The quantitative estimate of drug-likeness (QED) is 0.859. The number of carbonyl (C=O) groups excluding carboxylic acids is 2. The predicted molar refractivity (Wildman–Crippen MR) is 104 cm³/mol. The summed E-state index contributed by atoms with van der Waals surface area (Å²) in [5.74, 6) is 0.0228. The van der Waals surface area contributed by atoms with Gasteiger partial charge in [0.05, 0.1) is 0 Å². The van der Waals surface area contributed by atoms with Crippen LogP contribution < -0.4 is 5.32 Å². The Kier molecular flexibility index (Phi) is 6.83. The van der Waals surface area contributed by atoms with Gasteiger partial charge in [-0.15, -0.1) is 0 Å². The summed E-state index contributed by atoms with van der Waals surface area (Å²) in [4.78, 5) is 29.0. The summed E-state index contributed by atoms with van der Waals surface area (Å²) in [6.45, 7) is 5.61. The van der Waals surface area contributed by atoms with Gasteiger partial charge in [-0.05, 0) is 69.5 Å². The number of hydrogen-bond donors (Lipinski definition) is 1. The fourth-order valence-corrected chi connectivity index (χ4v) is 4.16. The van der Waals surface area contributed by atoms with Crippen molar-refractivity contribution in [1.29, 1.82) is 0 Å². The van der Waals surface area contributed by atoms with Gasteiger partial charge in [0.15, 0.2) is 0 Å². The molecule has 1 N–H and O–H groups in total. The number of hydrogen-bond acceptors (Lipinski definition) is 3. The number of nitrogens with one attached hydrogen (secondary N) is 1. The highest BCUT2D eigenvalue weighted by Crippen LogP contribution is 2.25. The van der Waals surface area contributed by atoms with Crippen molar-refractivity contribution in [2.45, 2.75) is 51.5 Å². The first-order chi connectivity index (χ1) is 13.1. The highest BCUT2D eigenvalue weighted by Gasteiger charge is 2.31. The Morgan fingerprint density at radius 2 is 1.67 bits per heavy atom. The number of halogens is 1. The van der Waals surface area contributed by atoms with Gasteiger partial charge < -0.3 is 15.1 Å². The summed E-state index contributed by atoms with van der Waals surface area (Å²) >= 11 is 0. The maximum atomic E-state index is 13.0. The molecule has 0 saturated carbocycles. The van der Waals surface area contributed by atoms with Gasteiger partial charge in [-0.1, -0.05) is 6.92 Å². The molecule has 1 aromatic carbocycles. The highest BCUT2D eigenvalue weighted by atomic mass is 19.1. The van der Waals surface area contributed by atoms with E-state index >= 15 is 0 Å². The van der Waals surface area contributed by atoms with Crippen LogP contribution in [0.3, 0.4) is 0 Å². The zero-order valence-corrected chi connectivity index (χ0v) is 16.1. The van der Waals surface area contributed by atoms with Gasteiger partial charge in [0, 0.05) is 37.2 Å². The van der Waals surface area contributed by atoms with E-state index in [1.165, 1.54) is 12.1 Å². The summed E-state index contributed by atoms with van der Waals surface area (Å²) in [5, 5.41) is 2.90. The molecule has 0 aliphatic carbocycles. The zero-order chi connectivity index (χ0) is 19.2. The predicted octanol–water partition coefficient (Wildman–Crippen LogP) is 3.27. The molecule has 2 saturated heterocycles. The van der Waals surface area contributed by atoms with E-state index in [2.05, 4.69) is 10.2 Å². The molecule has 0 radical (unpaired) electrons. The number of carbonyl (C=O) groups is 2. The maximum Gasteiger partial charge on any atom is 0.227 e. The first-order valence-corrected chi connectivity index (χ1v) is 10.1. The van der Waals surface area contributed by atoms with Gasteiger partial charge in [-0.3, -0.25) is 9.59 Å². The molecule has 0 bridgehead atoms. The van der Waals surface area contributed by atoms with Crippen molar-refractivity contribution >= 4 is 17.5 Å². The normalized spacial score (nSPS) is 19.9. The minimum Gasteiger partial charge on any atom is -0.343 e. The van der Waals surface area contributed by atoms with Gasteiger partial charge in [0.2, 0.25) is 11.8 Å². The standard InChI is InChI=1S/C21H30FN3O2/c1-2-3-20(26)25-14-10-19(11-15-25)24-12-8-16(9-13-24)21(27)23-18-6-4-17(22)5-7-18/h4-7,16,19H,2-3,8-15H2,1H3,(H,23,27). The van der Waals surface area contributed by atoms with Crippen LogP contribution in [0, 0.1) is 11.7 Å². The van der Waals surface area contributed by atoms with Gasteiger partial charge >= 0.3 is 0 Å². The molecule has 2 heterocycles. The number of anilines is 1. The molecule has 0 unspecified atom stereocenters. The molecule has 0 aromatic heterocycles. The Labute approximate surface area is 160 Å². The van der Waals surface area contributed by atoms with Crippen LogP contribution >= 0.6 is 0 Å². The summed E-state index contributed by atoms with van der Waals surface area (Å²) in [6, 6.07) is 6.43. The molecule has 27 heavy (non-hydrogen) atoms. The largest absolute Gasteiger partial charge is 0.343 e. The van der Waals surface area contributed by atoms with Crippen molar-refractivity contribution in [3.8, 4) is 0 Å². The lowest BCUT2D eigenvalue weighted by molar-refractivity contribution is -0.133. The van der Waals surface area contributed by atoms with Crippen LogP contribution in [-0.2, 0) is 9.59 Å². The van der Waals surface area contributed by atoms with E-state index in [-0.39, 0.29) is 23.5 Å². The van der Waals surface area contributed by atoms with Crippen LogP contribution in [0.5, 0.6) is 0 Å². The molecule has 3 rings (SSSR count). The second kappa shape index (κ2) is 9.31. The maximum absolute atomic E-state index is 13.0. The number of piperidine rings is 2. The van der Waals surface area contributed by atoms with Gasteiger partial charge in [0.1, 0.15) is 5.82 Å². The third-order valence-corrected chi connectivity index (χ3v) is 5.81. The van der Waals surface area contributed by atoms with Crippen LogP contribution in [0.2, 0.25) is 0 Å². The first-order valence-electron chi connectivity index (χ1n) is 10.1. The minimum absolute atomic E-state index is 0.0116. The summed E-state index contributed by atoms with van der Waals surface area (Å²) < 4.78 is 13.0. The molecule has 5 nitrogen and oxygen atoms in total. The Morgan fingerprint density at radius 3 is 2.26 bits per heavy atom. The molecule has 2 aliphatic rings. The summed E-state index contributed by atoms with van der Waals surface area (Å²) in [6.07, 6.45) is 5.32. The zero-order valence-electron chi connectivity index (χ0n) is 16.1. The van der Waals surface area contributed by atoms with E-state index in [4.69, 9.17) is 0 Å². The topological polar surface area (TPSA) is 52.7 Å². The lowest BCUT2D eigenvalue weighted by Crippen LogP contribution is -2.49. The van der Waals surface area contributed by atoms with Gasteiger partial charge in [-0.2, -0.15) is 0 Å². The second-order valence-corrected chi connectivity index (χ2v) is 7.67. The number of amides is 2. The molecule has 1 aromatic rings. The van der Waals surface area contributed by atoms with E-state index in [0.29, 0.717) is 18.2 Å². The number of benzene rings is 1. The van der Waals surface area contributed by atoms with Crippen LogP contribution in [-0.4, -0.2) is 53.8 Å². The number of nitrogens with zero attached hydrogens (tertiary/aromatic N) is 2. The molecule has 2 amide bonds. The van der Waals surface area contributed by atoms with Crippen molar-refractivity contribution in [2.75, 3.05) is 31.5 Å².